The normalized spacial score (nSPS) is 30.0. The molecule has 2 heterocycles. The summed E-state index contributed by atoms with van der Waals surface area (Å²) in [5.74, 6) is 0. The summed E-state index contributed by atoms with van der Waals surface area (Å²) in [5.41, 5.74) is 0. The van der Waals surface area contributed by atoms with Crippen LogP contribution in [0.15, 0.2) is 0 Å². The molecule has 0 bridgehead atoms. The molecule has 10 heavy (non-hydrogen) atoms. The van der Waals surface area contributed by atoms with Gasteiger partial charge in [0.15, 0.2) is 6.23 Å². The largest absolute Gasteiger partial charge is 0.356 e. The van der Waals surface area contributed by atoms with Crippen molar-refractivity contribution in [3.63, 3.8) is 0 Å². The second kappa shape index (κ2) is 2.89. The SMILES string of the molecule is C1CCN([C]2CCO2)CC1. The Hall–Kier alpha value is -0.0800. The lowest BCUT2D eigenvalue weighted by Gasteiger charge is -2.37. The first-order valence-electron chi connectivity index (χ1n) is 4.20. The zero-order valence-electron chi connectivity index (χ0n) is 6.31. The number of rotatable bonds is 1. The lowest BCUT2D eigenvalue weighted by atomic mass is 10.1. The molecule has 0 aliphatic carbocycles. The highest BCUT2D eigenvalue weighted by Gasteiger charge is 2.27. The van der Waals surface area contributed by atoms with Gasteiger partial charge in [0.25, 0.3) is 0 Å². The summed E-state index contributed by atoms with van der Waals surface area (Å²) in [7, 11) is 0. The maximum absolute atomic E-state index is 5.31. The minimum Gasteiger partial charge on any atom is -0.356 e. The molecule has 2 nitrogen and oxygen atoms in total. The maximum atomic E-state index is 5.31. The third-order valence-electron chi connectivity index (χ3n) is 2.29. The van der Waals surface area contributed by atoms with Gasteiger partial charge in [0, 0.05) is 19.5 Å². The quantitative estimate of drug-likeness (QED) is 0.545. The molecule has 0 atom stereocenters. The minimum atomic E-state index is 0.950. The zero-order valence-corrected chi connectivity index (χ0v) is 6.31. The highest BCUT2D eigenvalue weighted by Crippen LogP contribution is 2.26. The first-order chi connectivity index (χ1) is 4.97. The molecule has 2 heteroatoms. The molecule has 0 amide bonds. The number of hydrogen-bond donors (Lipinski definition) is 0. The molecule has 0 unspecified atom stereocenters. The molecule has 57 valence electrons. The molecule has 2 rings (SSSR count). The van der Waals surface area contributed by atoms with E-state index in [4.69, 9.17) is 4.74 Å². The van der Waals surface area contributed by atoms with Gasteiger partial charge in [-0.05, 0) is 12.8 Å². The summed E-state index contributed by atoms with van der Waals surface area (Å²) in [6.45, 7) is 3.41. The van der Waals surface area contributed by atoms with Crippen molar-refractivity contribution in [2.24, 2.45) is 0 Å². The Morgan fingerprint density at radius 2 is 1.80 bits per heavy atom. The zero-order chi connectivity index (χ0) is 6.81. The maximum Gasteiger partial charge on any atom is 0.166 e. The Bertz CT molecular complexity index is 106. The van der Waals surface area contributed by atoms with Gasteiger partial charge in [-0.25, -0.2) is 0 Å². The number of nitrogens with zero attached hydrogens (tertiary/aromatic N) is 1. The molecule has 0 N–H and O–H groups in total. The Balaban J connectivity index is 1.78. The van der Waals surface area contributed by atoms with Gasteiger partial charge < -0.3 is 4.74 Å². The van der Waals surface area contributed by atoms with E-state index >= 15 is 0 Å². The van der Waals surface area contributed by atoms with E-state index < -0.39 is 0 Å². The summed E-state index contributed by atoms with van der Waals surface area (Å²) < 4.78 is 5.31. The van der Waals surface area contributed by atoms with E-state index in [2.05, 4.69) is 4.90 Å². The average Bonchev–Trinajstić information content (AvgIpc) is 1.86. The van der Waals surface area contributed by atoms with E-state index in [1.807, 2.05) is 0 Å². The van der Waals surface area contributed by atoms with Gasteiger partial charge in [0.1, 0.15) is 0 Å². The van der Waals surface area contributed by atoms with Crippen LogP contribution in [-0.2, 0) is 4.74 Å². The van der Waals surface area contributed by atoms with E-state index in [0.29, 0.717) is 0 Å². The van der Waals surface area contributed by atoms with Gasteiger partial charge in [0.2, 0.25) is 0 Å². The van der Waals surface area contributed by atoms with E-state index in [0.717, 1.165) is 6.61 Å². The molecule has 2 saturated heterocycles. The van der Waals surface area contributed by atoms with Crippen molar-refractivity contribution in [1.82, 2.24) is 4.90 Å². The Kier molecular flexibility index (Phi) is 1.91. The summed E-state index contributed by atoms with van der Waals surface area (Å²) in [5, 5.41) is 0. The Morgan fingerprint density at radius 3 is 2.30 bits per heavy atom. The summed E-state index contributed by atoms with van der Waals surface area (Å²) in [6, 6.07) is 0. The third-order valence-corrected chi connectivity index (χ3v) is 2.29. The standard InChI is InChI=1S/C8H14NO/c1-2-5-9(6-3-1)8-4-7-10-8/h1-7H2. The molecule has 1 radical (unpaired) electrons. The lowest BCUT2D eigenvalue weighted by molar-refractivity contribution is -0.0556. The fourth-order valence-corrected chi connectivity index (χ4v) is 1.59. The number of piperidine rings is 1. The Morgan fingerprint density at radius 1 is 1.10 bits per heavy atom. The fraction of sp³-hybridized carbons (Fsp3) is 0.875. The number of ether oxygens (including phenoxy) is 1. The van der Waals surface area contributed by atoms with Gasteiger partial charge in [-0.3, -0.25) is 4.90 Å². The van der Waals surface area contributed by atoms with Crippen molar-refractivity contribution in [3.8, 4) is 0 Å². The predicted octanol–water partition coefficient (Wildman–Crippen LogP) is 1.38. The van der Waals surface area contributed by atoms with Gasteiger partial charge in [-0.1, -0.05) is 6.42 Å². The number of likely N-dealkylation sites (tertiary alicyclic amines) is 1. The fourth-order valence-electron chi connectivity index (χ4n) is 1.59. The van der Waals surface area contributed by atoms with Crippen LogP contribution in [0.2, 0.25) is 0 Å². The monoisotopic (exact) mass is 140 g/mol. The van der Waals surface area contributed by atoms with Crippen LogP contribution >= 0.6 is 0 Å². The first kappa shape index (κ1) is 6.62. The van der Waals surface area contributed by atoms with Crippen LogP contribution in [0.5, 0.6) is 0 Å². The lowest BCUT2D eigenvalue weighted by Crippen LogP contribution is -2.40. The first-order valence-corrected chi connectivity index (χ1v) is 4.20. The number of hydrogen-bond acceptors (Lipinski definition) is 2. The molecule has 2 aliphatic heterocycles. The molecular formula is C8H14NO. The molecular weight excluding hydrogens is 126 g/mol. The second-order valence-corrected chi connectivity index (χ2v) is 3.04. The van der Waals surface area contributed by atoms with E-state index in [1.165, 1.54) is 45.0 Å². The van der Waals surface area contributed by atoms with Crippen molar-refractivity contribution in [3.05, 3.63) is 6.23 Å². The summed E-state index contributed by atoms with van der Waals surface area (Å²) in [6.07, 6.45) is 6.54. The topological polar surface area (TPSA) is 12.5 Å². The molecule has 0 aromatic carbocycles. The van der Waals surface area contributed by atoms with Gasteiger partial charge in [0.05, 0.1) is 6.61 Å². The van der Waals surface area contributed by atoms with Crippen molar-refractivity contribution in [2.45, 2.75) is 25.7 Å². The van der Waals surface area contributed by atoms with Gasteiger partial charge in [-0.15, -0.1) is 0 Å². The summed E-state index contributed by atoms with van der Waals surface area (Å²) in [4.78, 5) is 2.40. The third kappa shape index (κ3) is 1.18. The van der Waals surface area contributed by atoms with Crippen LogP contribution in [0, 0.1) is 6.23 Å². The van der Waals surface area contributed by atoms with Gasteiger partial charge >= 0.3 is 0 Å². The molecule has 2 aliphatic rings. The van der Waals surface area contributed by atoms with Crippen LogP contribution in [-0.4, -0.2) is 24.6 Å². The minimum absolute atomic E-state index is 0.950. The highest BCUT2D eigenvalue weighted by atomic mass is 16.5. The second-order valence-electron chi connectivity index (χ2n) is 3.04. The van der Waals surface area contributed by atoms with Crippen LogP contribution in [0.1, 0.15) is 25.7 Å². The molecule has 0 aromatic rings. The van der Waals surface area contributed by atoms with Crippen LogP contribution < -0.4 is 0 Å². The van der Waals surface area contributed by atoms with Crippen LogP contribution in [0.25, 0.3) is 0 Å². The molecule has 0 spiro atoms. The average molecular weight is 140 g/mol. The van der Waals surface area contributed by atoms with Gasteiger partial charge in [-0.2, -0.15) is 0 Å². The summed E-state index contributed by atoms with van der Waals surface area (Å²) >= 11 is 0. The van der Waals surface area contributed by atoms with E-state index in [9.17, 15) is 0 Å². The van der Waals surface area contributed by atoms with Crippen LogP contribution in [0.4, 0.5) is 0 Å². The van der Waals surface area contributed by atoms with Crippen molar-refractivity contribution < 1.29 is 4.74 Å². The van der Waals surface area contributed by atoms with Crippen molar-refractivity contribution in [2.75, 3.05) is 19.7 Å². The predicted molar refractivity (Wildman–Crippen MR) is 39.2 cm³/mol. The smallest absolute Gasteiger partial charge is 0.166 e. The van der Waals surface area contributed by atoms with E-state index in [1.54, 1.807) is 0 Å². The molecule has 0 aromatic heterocycles. The van der Waals surface area contributed by atoms with E-state index in [-0.39, 0.29) is 0 Å². The van der Waals surface area contributed by atoms with Crippen LogP contribution in [0.3, 0.4) is 0 Å². The highest BCUT2D eigenvalue weighted by molar-refractivity contribution is 4.87. The molecule has 0 saturated carbocycles. The molecule has 2 fully saturated rings. The van der Waals surface area contributed by atoms with Crippen molar-refractivity contribution in [1.29, 1.82) is 0 Å². The Labute approximate surface area is 62.2 Å². The van der Waals surface area contributed by atoms with Crippen molar-refractivity contribution >= 4 is 0 Å².